The van der Waals surface area contributed by atoms with Gasteiger partial charge in [0.25, 0.3) is 5.91 Å². The number of benzene rings is 3. The van der Waals surface area contributed by atoms with Crippen molar-refractivity contribution in [1.82, 2.24) is 5.32 Å². The van der Waals surface area contributed by atoms with E-state index in [9.17, 15) is 10.1 Å². The number of nitrogens with one attached hydrogen (secondary N) is 1. The Labute approximate surface area is 228 Å². The molecule has 186 valence electrons. The maximum absolute atomic E-state index is 12.7. The van der Waals surface area contributed by atoms with Gasteiger partial charge < -0.3 is 24.3 Å². The molecule has 0 aliphatic rings. The molecule has 0 fully saturated rings. The standard InChI is InChI=1S/C27H24ClIN2O5/c1-33-22-9-6-19(24(13-22)34-2)15-31-27(32)20(14-30)10-18-11-23(29)26(25(12-18)35-3)36-16-17-4-7-21(28)8-5-17/h4-13H,15-16H2,1-3H3,(H,31,32)/b20-10+. The molecule has 9 heteroatoms. The number of carbonyl (C=O) groups is 1. The summed E-state index contributed by atoms with van der Waals surface area (Å²) in [6, 6.07) is 18.2. The zero-order chi connectivity index (χ0) is 26.1. The van der Waals surface area contributed by atoms with Gasteiger partial charge in [-0.25, -0.2) is 0 Å². The third kappa shape index (κ3) is 7.06. The summed E-state index contributed by atoms with van der Waals surface area (Å²) in [6.07, 6.45) is 1.51. The summed E-state index contributed by atoms with van der Waals surface area (Å²) in [5.74, 6) is 1.77. The van der Waals surface area contributed by atoms with Gasteiger partial charge in [0.1, 0.15) is 29.7 Å². The number of carbonyl (C=O) groups excluding carboxylic acids is 1. The molecule has 0 atom stereocenters. The SMILES string of the molecule is COc1ccc(CNC(=O)/C(C#N)=C/c2cc(I)c(OCc3ccc(Cl)cc3)c(OC)c2)c(OC)c1. The van der Waals surface area contributed by atoms with Crippen molar-refractivity contribution in [3.63, 3.8) is 0 Å². The fourth-order valence-electron chi connectivity index (χ4n) is 3.28. The number of rotatable bonds is 10. The van der Waals surface area contributed by atoms with E-state index in [-0.39, 0.29) is 12.1 Å². The number of halogens is 2. The topological polar surface area (TPSA) is 89.8 Å². The average molecular weight is 619 g/mol. The first-order valence-electron chi connectivity index (χ1n) is 10.7. The lowest BCUT2D eigenvalue weighted by Gasteiger charge is -2.14. The van der Waals surface area contributed by atoms with E-state index in [2.05, 4.69) is 27.9 Å². The summed E-state index contributed by atoms with van der Waals surface area (Å²) in [5.41, 5.74) is 2.29. The highest BCUT2D eigenvalue weighted by molar-refractivity contribution is 14.1. The summed E-state index contributed by atoms with van der Waals surface area (Å²) in [5, 5.41) is 13.0. The molecular formula is C27H24ClIN2O5. The Morgan fingerprint density at radius 1 is 1.03 bits per heavy atom. The van der Waals surface area contributed by atoms with E-state index in [1.165, 1.54) is 13.2 Å². The van der Waals surface area contributed by atoms with Crippen LogP contribution in [-0.4, -0.2) is 27.2 Å². The highest BCUT2D eigenvalue weighted by atomic mass is 127. The van der Waals surface area contributed by atoms with Crippen LogP contribution in [0.3, 0.4) is 0 Å². The van der Waals surface area contributed by atoms with Crippen molar-refractivity contribution in [3.8, 4) is 29.1 Å². The van der Waals surface area contributed by atoms with Gasteiger partial charge >= 0.3 is 0 Å². The number of hydrogen-bond donors (Lipinski definition) is 1. The summed E-state index contributed by atoms with van der Waals surface area (Å²) in [7, 11) is 4.64. The van der Waals surface area contributed by atoms with Crippen molar-refractivity contribution in [2.24, 2.45) is 0 Å². The van der Waals surface area contributed by atoms with Crippen LogP contribution in [0.4, 0.5) is 0 Å². The summed E-state index contributed by atoms with van der Waals surface area (Å²) in [6.45, 7) is 0.517. The van der Waals surface area contributed by atoms with Gasteiger partial charge in [-0.3, -0.25) is 4.79 Å². The lowest BCUT2D eigenvalue weighted by molar-refractivity contribution is -0.117. The van der Waals surface area contributed by atoms with Crippen molar-refractivity contribution in [3.05, 3.63) is 85.5 Å². The molecule has 0 unspecified atom stereocenters. The zero-order valence-electron chi connectivity index (χ0n) is 19.9. The predicted molar refractivity (Wildman–Crippen MR) is 146 cm³/mol. The van der Waals surface area contributed by atoms with Crippen LogP contribution in [0.1, 0.15) is 16.7 Å². The van der Waals surface area contributed by atoms with Crippen LogP contribution in [0.25, 0.3) is 6.08 Å². The van der Waals surface area contributed by atoms with Crippen LogP contribution in [0.15, 0.2) is 60.2 Å². The third-order valence-corrected chi connectivity index (χ3v) is 6.21. The number of ether oxygens (including phenoxy) is 4. The summed E-state index contributed by atoms with van der Waals surface area (Å²) >= 11 is 8.08. The number of nitrogens with zero attached hydrogens (tertiary/aromatic N) is 1. The molecule has 7 nitrogen and oxygen atoms in total. The molecule has 36 heavy (non-hydrogen) atoms. The van der Waals surface area contributed by atoms with Gasteiger partial charge in [0, 0.05) is 23.2 Å². The Balaban J connectivity index is 1.75. The van der Waals surface area contributed by atoms with Crippen LogP contribution in [0, 0.1) is 14.9 Å². The minimum Gasteiger partial charge on any atom is -0.497 e. The molecular weight excluding hydrogens is 595 g/mol. The van der Waals surface area contributed by atoms with Crippen molar-refractivity contribution in [1.29, 1.82) is 5.26 Å². The molecule has 0 saturated carbocycles. The van der Waals surface area contributed by atoms with Crippen molar-refractivity contribution in [2.45, 2.75) is 13.2 Å². The quantitative estimate of drug-likeness (QED) is 0.176. The molecule has 3 rings (SSSR count). The fourth-order valence-corrected chi connectivity index (χ4v) is 4.19. The Hall–Kier alpha value is -3.42. The lowest BCUT2D eigenvalue weighted by Crippen LogP contribution is -2.24. The Morgan fingerprint density at radius 2 is 1.75 bits per heavy atom. The second-order valence-corrected chi connectivity index (χ2v) is 9.08. The average Bonchev–Trinajstić information content (AvgIpc) is 2.90. The van der Waals surface area contributed by atoms with Crippen LogP contribution < -0.4 is 24.3 Å². The summed E-state index contributed by atoms with van der Waals surface area (Å²) < 4.78 is 22.8. The van der Waals surface area contributed by atoms with E-state index in [1.54, 1.807) is 50.6 Å². The van der Waals surface area contributed by atoms with Crippen molar-refractivity contribution < 1.29 is 23.7 Å². The first-order chi connectivity index (χ1) is 17.4. The highest BCUT2D eigenvalue weighted by Crippen LogP contribution is 2.35. The molecule has 0 bridgehead atoms. The number of methoxy groups -OCH3 is 3. The van der Waals surface area contributed by atoms with E-state index in [1.807, 2.05) is 24.3 Å². The molecule has 0 aromatic heterocycles. The van der Waals surface area contributed by atoms with Crippen LogP contribution in [0.2, 0.25) is 5.02 Å². The first kappa shape index (κ1) is 27.2. The smallest absolute Gasteiger partial charge is 0.262 e. The zero-order valence-corrected chi connectivity index (χ0v) is 22.8. The molecule has 3 aromatic carbocycles. The molecule has 3 aromatic rings. The predicted octanol–water partition coefficient (Wildman–Crippen LogP) is 5.77. The maximum Gasteiger partial charge on any atom is 0.262 e. The second kappa shape index (κ2) is 13.0. The monoisotopic (exact) mass is 618 g/mol. The van der Waals surface area contributed by atoms with E-state index in [4.69, 9.17) is 30.5 Å². The number of amides is 1. The fraction of sp³-hybridized carbons (Fsp3) is 0.185. The molecule has 0 heterocycles. The van der Waals surface area contributed by atoms with Gasteiger partial charge in [0.2, 0.25) is 0 Å². The van der Waals surface area contributed by atoms with Crippen LogP contribution >= 0.6 is 34.2 Å². The number of hydrogen-bond acceptors (Lipinski definition) is 6. The van der Waals surface area contributed by atoms with E-state index in [0.717, 1.165) is 14.7 Å². The van der Waals surface area contributed by atoms with Gasteiger partial charge in [0.15, 0.2) is 11.5 Å². The molecule has 1 amide bonds. The highest BCUT2D eigenvalue weighted by Gasteiger charge is 2.15. The Morgan fingerprint density at radius 3 is 2.39 bits per heavy atom. The van der Waals surface area contributed by atoms with E-state index < -0.39 is 5.91 Å². The largest absolute Gasteiger partial charge is 0.497 e. The van der Waals surface area contributed by atoms with Gasteiger partial charge in [-0.15, -0.1) is 0 Å². The van der Waals surface area contributed by atoms with E-state index in [0.29, 0.717) is 40.2 Å². The molecule has 0 aliphatic carbocycles. The van der Waals surface area contributed by atoms with E-state index >= 15 is 0 Å². The third-order valence-electron chi connectivity index (χ3n) is 5.16. The second-order valence-electron chi connectivity index (χ2n) is 7.48. The minimum absolute atomic E-state index is 0.0461. The Kier molecular flexibility index (Phi) is 9.85. The number of nitriles is 1. The van der Waals surface area contributed by atoms with Crippen molar-refractivity contribution in [2.75, 3.05) is 21.3 Å². The molecule has 0 aliphatic heterocycles. The van der Waals surface area contributed by atoms with Gasteiger partial charge in [0.05, 0.1) is 24.9 Å². The first-order valence-corrected chi connectivity index (χ1v) is 12.2. The molecule has 0 saturated heterocycles. The molecule has 0 radical (unpaired) electrons. The maximum atomic E-state index is 12.7. The summed E-state index contributed by atoms with van der Waals surface area (Å²) in [4.78, 5) is 12.7. The molecule has 0 spiro atoms. The Bertz CT molecular complexity index is 1300. The van der Waals surface area contributed by atoms with Crippen LogP contribution in [-0.2, 0) is 17.9 Å². The van der Waals surface area contributed by atoms with Gasteiger partial charge in [-0.2, -0.15) is 5.26 Å². The normalized spacial score (nSPS) is 10.8. The van der Waals surface area contributed by atoms with Crippen LogP contribution in [0.5, 0.6) is 23.0 Å². The molecule has 1 N–H and O–H groups in total. The van der Waals surface area contributed by atoms with Gasteiger partial charge in [-0.1, -0.05) is 23.7 Å². The van der Waals surface area contributed by atoms with Crippen molar-refractivity contribution >= 4 is 46.2 Å². The van der Waals surface area contributed by atoms with Gasteiger partial charge in [-0.05, 0) is 76.2 Å². The minimum atomic E-state index is -0.507. The lowest BCUT2D eigenvalue weighted by atomic mass is 10.1.